The molecular formula is C20H33NO4Si. The smallest absolute Gasteiger partial charge is 0.257 e. The summed E-state index contributed by atoms with van der Waals surface area (Å²) < 4.78 is 11.7. The number of hydrogen-bond donors (Lipinski definition) is 1. The number of ether oxygens (including phenoxy) is 1. The highest BCUT2D eigenvalue weighted by molar-refractivity contribution is 6.74. The predicted molar refractivity (Wildman–Crippen MR) is 107 cm³/mol. The van der Waals surface area contributed by atoms with Crippen LogP contribution >= 0.6 is 0 Å². The van der Waals surface area contributed by atoms with Crippen LogP contribution in [-0.4, -0.2) is 45.2 Å². The van der Waals surface area contributed by atoms with Gasteiger partial charge in [-0.3, -0.25) is 4.79 Å². The Morgan fingerprint density at radius 3 is 2.08 bits per heavy atom. The summed E-state index contributed by atoms with van der Waals surface area (Å²) in [6, 6.07) is 7.23. The Morgan fingerprint density at radius 2 is 1.65 bits per heavy atom. The highest BCUT2D eigenvalue weighted by Crippen LogP contribution is 2.45. The Kier molecular flexibility index (Phi) is 5.62. The third-order valence-electron chi connectivity index (χ3n) is 5.83. The quantitative estimate of drug-likeness (QED) is 0.603. The highest BCUT2D eigenvalue weighted by Gasteiger charge is 2.58. The lowest BCUT2D eigenvalue weighted by atomic mass is 9.75. The summed E-state index contributed by atoms with van der Waals surface area (Å²) in [5.74, 6) is 0.709. The van der Waals surface area contributed by atoms with Crippen molar-refractivity contribution in [3.63, 3.8) is 0 Å². The molecule has 5 nitrogen and oxygen atoms in total. The number of aliphatic hydroxyl groups is 1. The summed E-state index contributed by atoms with van der Waals surface area (Å²) in [6.07, 6.45) is -0.514. The molecule has 0 radical (unpaired) electrons. The van der Waals surface area contributed by atoms with Crippen LogP contribution in [0.4, 0.5) is 5.69 Å². The first-order valence-corrected chi connectivity index (χ1v) is 12.0. The fourth-order valence-electron chi connectivity index (χ4n) is 2.95. The second kappa shape index (κ2) is 6.98. The lowest BCUT2D eigenvalue weighted by molar-refractivity contribution is -0.140. The van der Waals surface area contributed by atoms with Crippen LogP contribution in [0.2, 0.25) is 18.1 Å². The first-order valence-electron chi connectivity index (χ1n) is 9.11. The minimum atomic E-state index is -2.11. The van der Waals surface area contributed by atoms with Gasteiger partial charge >= 0.3 is 0 Å². The van der Waals surface area contributed by atoms with E-state index >= 15 is 0 Å². The Hall–Kier alpha value is -1.37. The van der Waals surface area contributed by atoms with Crippen LogP contribution < -0.4 is 9.64 Å². The van der Waals surface area contributed by atoms with Crippen molar-refractivity contribution in [2.45, 2.75) is 64.9 Å². The second-order valence-electron chi connectivity index (χ2n) is 9.30. The summed E-state index contributed by atoms with van der Waals surface area (Å²) in [7, 11) is -0.492. The van der Waals surface area contributed by atoms with Crippen LogP contribution in [-0.2, 0) is 9.22 Å². The van der Waals surface area contributed by atoms with Gasteiger partial charge in [0.2, 0.25) is 0 Å². The number of carbonyl (C=O) groups is 1. The molecule has 1 aromatic rings. The number of methoxy groups -OCH3 is 1. The molecule has 26 heavy (non-hydrogen) atoms. The van der Waals surface area contributed by atoms with E-state index in [1.165, 1.54) is 0 Å². The zero-order chi connectivity index (χ0) is 19.9. The summed E-state index contributed by atoms with van der Waals surface area (Å²) >= 11 is 0. The van der Waals surface area contributed by atoms with Gasteiger partial charge in [0.15, 0.2) is 8.32 Å². The van der Waals surface area contributed by atoms with E-state index in [9.17, 15) is 9.90 Å². The average molecular weight is 380 g/mol. The van der Waals surface area contributed by atoms with E-state index in [0.717, 1.165) is 11.4 Å². The average Bonchev–Trinajstić information content (AvgIpc) is 2.56. The summed E-state index contributed by atoms with van der Waals surface area (Å²) in [4.78, 5) is 14.8. The number of rotatable bonds is 6. The van der Waals surface area contributed by atoms with Crippen LogP contribution in [0.25, 0.3) is 0 Å². The fourth-order valence-corrected chi connectivity index (χ4v) is 4.17. The maximum absolute atomic E-state index is 13.0. The Balaban J connectivity index is 2.35. The van der Waals surface area contributed by atoms with Crippen LogP contribution in [0.15, 0.2) is 24.3 Å². The van der Waals surface area contributed by atoms with Crippen molar-refractivity contribution in [3.8, 4) is 5.75 Å². The summed E-state index contributed by atoms with van der Waals surface area (Å²) in [5.41, 5.74) is 0.332. The lowest BCUT2D eigenvalue weighted by Crippen LogP contribution is -2.73. The van der Waals surface area contributed by atoms with Crippen molar-refractivity contribution in [2.24, 2.45) is 5.41 Å². The molecule has 0 aliphatic carbocycles. The molecular weight excluding hydrogens is 346 g/mol. The number of hydrogen-bond acceptors (Lipinski definition) is 4. The van der Waals surface area contributed by atoms with Gasteiger partial charge < -0.3 is 19.2 Å². The molecule has 0 bridgehead atoms. The first-order chi connectivity index (χ1) is 11.9. The molecule has 1 aliphatic rings. The van der Waals surface area contributed by atoms with Crippen LogP contribution in [0.3, 0.4) is 0 Å². The molecule has 1 fully saturated rings. The largest absolute Gasteiger partial charge is 0.497 e. The van der Waals surface area contributed by atoms with E-state index in [2.05, 4.69) is 33.9 Å². The number of nitrogens with zero attached hydrogens (tertiary/aromatic N) is 1. The third kappa shape index (κ3) is 3.68. The van der Waals surface area contributed by atoms with Crippen LogP contribution in [0.5, 0.6) is 5.75 Å². The minimum absolute atomic E-state index is 0.0156. The van der Waals surface area contributed by atoms with E-state index in [4.69, 9.17) is 9.16 Å². The molecule has 1 heterocycles. The summed E-state index contributed by atoms with van der Waals surface area (Å²) in [6.45, 7) is 14.7. The number of carbonyl (C=O) groups excluding carboxylic acids is 1. The molecule has 1 aliphatic heterocycles. The Labute approximate surface area is 158 Å². The number of anilines is 1. The molecule has 0 aromatic heterocycles. The fraction of sp³-hybridized carbons (Fsp3) is 0.650. The van der Waals surface area contributed by atoms with Gasteiger partial charge in [-0.15, -0.1) is 0 Å². The van der Waals surface area contributed by atoms with E-state index < -0.39 is 19.8 Å². The second-order valence-corrected chi connectivity index (χ2v) is 14.1. The van der Waals surface area contributed by atoms with Gasteiger partial charge in [0, 0.05) is 11.1 Å². The topological polar surface area (TPSA) is 59.0 Å². The molecule has 2 atom stereocenters. The van der Waals surface area contributed by atoms with E-state index in [0.29, 0.717) is 0 Å². The molecule has 6 heteroatoms. The number of aliphatic hydroxyl groups excluding tert-OH is 1. The van der Waals surface area contributed by atoms with Crippen molar-refractivity contribution in [3.05, 3.63) is 24.3 Å². The Morgan fingerprint density at radius 1 is 1.12 bits per heavy atom. The standard InChI is InChI=1S/C20H33NO4Si/c1-19(2,3)26(7,8)25-16-17(20(4,5)13-22)21(18(16)23)14-9-11-15(24-6)12-10-14/h9-12,16-17,22H,13H2,1-8H3/t16-,17-/m1/s1. The normalized spacial score (nSPS) is 21.6. The van der Waals surface area contributed by atoms with Crippen molar-refractivity contribution >= 4 is 19.9 Å². The van der Waals surface area contributed by atoms with Crippen molar-refractivity contribution in [2.75, 3.05) is 18.6 Å². The van der Waals surface area contributed by atoms with Gasteiger partial charge in [0.25, 0.3) is 5.91 Å². The van der Waals surface area contributed by atoms with Gasteiger partial charge in [-0.1, -0.05) is 34.6 Å². The SMILES string of the molecule is COc1ccc(N2C(=O)[C@H](O[Si](C)(C)C(C)(C)C)[C@@H]2C(C)(C)CO)cc1. The lowest BCUT2D eigenvalue weighted by Gasteiger charge is -2.55. The molecule has 1 amide bonds. The van der Waals surface area contributed by atoms with Gasteiger partial charge in [-0.25, -0.2) is 0 Å². The molecule has 0 saturated carbocycles. The van der Waals surface area contributed by atoms with E-state index in [1.54, 1.807) is 12.0 Å². The molecule has 1 N–H and O–H groups in total. The van der Waals surface area contributed by atoms with Gasteiger partial charge in [0.05, 0.1) is 19.8 Å². The van der Waals surface area contributed by atoms with Crippen LogP contribution in [0.1, 0.15) is 34.6 Å². The van der Waals surface area contributed by atoms with Crippen LogP contribution in [0, 0.1) is 5.41 Å². The van der Waals surface area contributed by atoms with Crippen molar-refractivity contribution < 1.29 is 19.1 Å². The molecule has 1 aromatic carbocycles. The molecule has 1 saturated heterocycles. The zero-order valence-corrected chi connectivity index (χ0v) is 18.3. The Bertz CT molecular complexity index is 649. The van der Waals surface area contributed by atoms with Gasteiger partial charge in [-0.2, -0.15) is 0 Å². The maximum Gasteiger partial charge on any atom is 0.257 e. The molecule has 2 rings (SSSR count). The molecule has 0 unspecified atom stereocenters. The minimum Gasteiger partial charge on any atom is -0.497 e. The number of benzene rings is 1. The van der Waals surface area contributed by atoms with Crippen molar-refractivity contribution in [1.29, 1.82) is 0 Å². The zero-order valence-electron chi connectivity index (χ0n) is 17.3. The molecule has 0 spiro atoms. The van der Waals surface area contributed by atoms with Gasteiger partial charge in [0.1, 0.15) is 11.9 Å². The van der Waals surface area contributed by atoms with Gasteiger partial charge in [-0.05, 0) is 42.4 Å². The maximum atomic E-state index is 13.0. The van der Waals surface area contributed by atoms with E-state index in [1.807, 2.05) is 38.1 Å². The number of β-lactam (4-membered cyclic amide) rings is 1. The molecule has 146 valence electrons. The summed E-state index contributed by atoms with van der Waals surface area (Å²) in [5, 5.41) is 9.95. The first kappa shape index (κ1) is 20.9. The number of amides is 1. The highest BCUT2D eigenvalue weighted by atomic mass is 28.4. The third-order valence-corrected chi connectivity index (χ3v) is 10.3. The van der Waals surface area contributed by atoms with E-state index in [-0.39, 0.29) is 23.6 Å². The van der Waals surface area contributed by atoms with Crippen molar-refractivity contribution in [1.82, 2.24) is 0 Å². The predicted octanol–water partition coefficient (Wildman–Crippen LogP) is 3.82. The monoisotopic (exact) mass is 379 g/mol.